The SMILES string of the molecule is CCc1nc2ccccc2n1CC(=O)N[C@H]1CCS(=O)(=O)C1. The lowest BCUT2D eigenvalue weighted by Gasteiger charge is -2.13. The van der Waals surface area contributed by atoms with Crippen molar-refractivity contribution < 1.29 is 13.2 Å². The van der Waals surface area contributed by atoms with Crippen LogP contribution in [-0.2, 0) is 27.6 Å². The minimum absolute atomic E-state index is 0.0457. The molecule has 1 aliphatic rings. The van der Waals surface area contributed by atoms with Crippen LogP contribution in [0.25, 0.3) is 11.0 Å². The van der Waals surface area contributed by atoms with Gasteiger partial charge in [-0.15, -0.1) is 0 Å². The molecule has 1 aromatic heterocycles. The average Bonchev–Trinajstić information content (AvgIpc) is 2.99. The second-order valence-electron chi connectivity index (χ2n) is 5.62. The van der Waals surface area contributed by atoms with E-state index in [2.05, 4.69) is 10.3 Å². The summed E-state index contributed by atoms with van der Waals surface area (Å²) in [6.07, 6.45) is 1.24. The van der Waals surface area contributed by atoms with Crippen LogP contribution in [0.4, 0.5) is 0 Å². The number of fused-ring (bicyclic) bond motifs is 1. The van der Waals surface area contributed by atoms with Gasteiger partial charge >= 0.3 is 0 Å². The summed E-state index contributed by atoms with van der Waals surface area (Å²) in [4.78, 5) is 16.8. The molecule has 0 radical (unpaired) electrons. The molecule has 1 N–H and O–H groups in total. The Balaban J connectivity index is 1.77. The van der Waals surface area contributed by atoms with E-state index in [1.54, 1.807) is 0 Å². The molecule has 3 rings (SSSR count). The summed E-state index contributed by atoms with van der Waals surface area (Å²) in [7, 11) is -2.98. The molecule has 1 aliphatic heterocycles. The van der Waals surface area contributed by atoms with Crippen LogP contribution in [0.1, 0.15) is 19.2 Å². The molecule has 0 unspecified atom stereocenters. The molecule has 1 fully saturated rings. The standard InChI is InChI=1S/C15H19N3O3S/c1-2-14-17-12-5-3-4-6-13(12)18(14)9-15(19)16-11-7-8-22(20,21)10-11/h3-6,11H,2,7-10H2,1H3,(H,16,19)/t11-/m0/s1. The first kappa shape index (κ1) is 15.0. The van der Waals surface area contributed by atoms with Gasteiger partial charge in [0.05, 0.1) is 22.5 Å². The summed E-state index contributed by atoms with van der Waals surface area (Å²) in [6.45, 7) is 2.17. The van der Waals surface area contributed by atoms with Crippen molar-refractivity contribution in [3.63, 3.8) is 0 Å². The van der Waals surface area contributed by atoms with Crippen molar-refractivity contribution >= 4 is 26.8 Å². The number of benzene rings is 1. The van der Waals surface area contributed by atoms with Crippen molar-refractivity contribution in [2.45, 2.75) is 32.4 Å². The van der Waals surface area contributed by atoms with E-state index in [1.807, 2.05) is 35.8 Å². The van der Waals surface area contributed by atoms with Gasteiger partial charge in [-0.3, -0.25) is 4.79 Å². The van der Waals surface area contributed by atoms with Crippen molar-refractivity contribution in [1.82, 2.24) is 14.9 Å². The Morgan fingerprint density at radius 1 is 1.41 bits per heavy atom. The van der Waals surface area contributed by atoms with Crippen molar-refractivity contribution in [2.24, 2.45) is 0 Å². The van der Waals surface area contributed by atoms with Crippen LogP contribution >= 0.6 is 0 Å². The number of rotatable bonds is 4. The van der Waals surface area contributed by atoms with Crippen LogP contribution in [0.15, 0.2) is 24.3 Å². The number of imidazole rings is 1. The third-order valence-corrected chi connectivity index (χ3v) is 5.72. The molecule has 2 heterocycles. The fourth-order valence-corrected chi connectivity index (χ4v) is 4.57. The highest BCUT2D eigenvalue weighted by Gasteiger charge is 2.29. The van der Waals surface area contributed by atoms with Gasteiger partial charge in [0.15, 0.2) is 9.84 Å². The zero-order chi connectivity index (χ0) is 15.7. The molecule has 6 nitrogen and oxygen atoms in total. The van der Waals surface area contributed by atoms with E-state index in [0.29, 0.717) is 6.42 Å². The molecular weight excluding hydrogens is 302 g/mol. The van der Waals surface area contributed by atoms with Crippen LogP contribution in [0.5, 0.6) is 0 Å². The number of carbonyl (C=O) groups is 1. The van der Waals surface area contributed by atoms with E-state index in [1.165, 1.54) is 0 Å². The largest absolute Gasteiger partial charge is 0.351 e. The van der Waals surface area contributed by atoms with Crippen LogP contribution in [0.2, 0.25) is 0 Å². The maximum Gasteiger partial charge on any atom is 0.240 e. The number of aryl methyl sites for hydroxylation is 1. The summed E-state index contributed by atoms with van der Waals surface area (Å²) in [6, 6.07) is 7.43. The van der Waals surface area contributed by atoms with Gasteiger partial charge in [0, 0.05) is 12.5 Å². The van der Waals surface area contributed by atoms with Gasteiger partial charge in [-0.25, -0.2) is 13.4 Å². The highest BCUT2D eigenvalue weighted by Crippen LogP contribution is 2.17. The van der Waals surface area contributed by atoms with Crippen LogP contribution < -0.4 is 5.32 Å². The molecule has 22 heavy (non-hydrogen) atoms. The van der Waals surface area contributed by atoms with Gasteiger partial charge in [-0.2, -0.15) is 0 Å². The molecule has 0 bridgehead atoms. The Morgan fingerprint density at radius 3 is 2.86 bits per heavy atom. The van der Waals surface area contributed by atoms with Crippen molar-refractivity contribution in [2.75, 3.05) is 11.5 Å². The first-order valence-electron chi connectivity index (χ1n) is 7.42. The number of sulfone groups is 1. The Morgan fingerprint density at radius 2 is 2.18 bits per heavy atom. The van der Waals surface area contributed by atoms with E-state index in [-0.39, 0.29) is 30.0 Å². The van der Waals surface area contributed by atoms with Crippen molar-refractivity contribution in [3.05, 3.63) is 30.1 Å². The Hall–Kier alpha value is -1.89. The number of amides is 1. The molecular formula is C15H19N3O3S. The van der Waals surface area contributed by atoms with E-state index < -0.39 is 9.84 Å². The molecule has 1 aromatic carbocycles. The fourth-order valence-electron chi connectivity index (χ4n) is 2.90. The van der Waals surface area contributed by atoms with E-state index in [0.717, 1.165) is 23.3 Å². The highest BCUT2D eigenvalue weighted by atomic mass is 32.2. The third-order valence-electron chi connectivity index (χ3n) is 3.95. The van der Waals surface area contributed by atoms with Gasteiger partial charge in [-0.1, -0.05) is 19.1 Å². The second-order valence-corrected chi connectivity index (χ2v) is 7.85. The number of para-hydroxylation sites is 2. The predicted molar refractivity (Wildman–Crippen MR) is 84.3 cm³/mol. The van der Waals surface area contributed by atoms with Gasteiger partial charge in [0.25, 0.3) is 0 Å². The summed E-state index contributed by atoms with van der Waals surface area (Å²) in [5.74, 6) is 0.895. The second kappa shape index (κ2) is 5.72. The van der Waals surface area contributed by atoms with Crippen LogP contribution in [0, 0.1) is 0 Å². The van der Waals surface area contributed by atoms with E-state index >= 15 is 0 Å². The quantitative estimate of drug-likeness (QED) is 0.907. The minimum atomic E-state index is -2.98. The zero-order valence-electron chi connectivity index (χ0n) is 12.4. The number of nitrogens with zero attached hydrogens (tertiary/aromatic N) is 2. The lowest BCUT2D eigenvalue weighted by molar-refractivity contribution is -0.122. The van der Waals surface area contributed by atoms with Gasteiger partial charge in [-0.05, 0) is 18.6 Å². The number of aromatic nitrogens is 2. The lowest BCUT2D eigenvalue weighted by atomic mass is 10.2. The molecule has 7 heteroatoms. The highest BCUT2D eigenvalue weighted by molar-refractivity contribution is 7.91. The summed E-state index contributed by atoms with van der Waals surface area (Å²) in [5.41, 5.74) is 1.80. The Labute approximate surface area is 129 Å². The minimum Gasteiger partial charge on any atom is -0.351 e. The molecule has 0 saturated carbocycles. The monoisotopic (exact) mass is 321 g/mol. The summed E-state index contributed by atoms with van der Waals surface area (Å²) >= 11 is 0. The van der Waals surface area contributed by atoms with E-state index in [9.17, 15) is 13.2 Å². The van der Waals surface area contributed by atoms with Gasteiger partial charge in [0.1, 0.15) is 12.4 Å². The van der Waals surface area contributed by atoms with E-state index in [4.69, 9.17) is 0 Å². The number of nitrogens with one attached hydrogen (secondary N) is 1. The smallest absolute Gasteiger partial charge is 0.240 e. The number of carbonyl (C=O) groups excluding carboxylic acids is 1. The Kier molecular flexibility index (Phi) is 3.90. The first-order valence-corrected chi connectivity index (χ1v) is 9.24. The maximum atomic E-state index is 12.2. The molecule has 1 amide bonds. The molecule has 1 atom stereocenters. The number of hydrogen-bond donors (Lipinski definition) is 1. The topological polar surface area (TPSA) is 81.1 Å². The van der Waals surface area contributed by atoms with Gasteiger partial charge < -0.3 is 9.88 Å². The molecule has 1 saturated heterocycles. The average molecular weight is 321 g/mol. The molecule has 0 aliphatic carbocycles. The maximum absolute atomic E-state index is 12.2. The molecule has 118 valence electrons. The fraction of sp³-hybridized carbons (Fsp3) is 0.467. The predicted octanol–water partition coefficient (Wildman–Crippen LogP) is 0.902. The first-order chi connectivity index (χ1) is 10.5. The summed E-state index contributed by atoms with van der Waals surface area (Å²) in [5, 5.41) is 2.82. The zero-order valence-corrected chi connectivity index (χ0v) is 13.3. The van der Waals surface area contributed by atoms with Crippen molar-refractivity contribution in [3.8, 4) is 0 Å². The molecule has 2 aromatic rings. The number of hydrogen-bond acceptors (Lipinski definition) is 4. The lowest BCUT2D eigenvalue weighted by Crippen LogP contribution is -2.37. The van der Waals surface area contributed by atoms with Crippen LogP contribution in [0.3, 0.4) is 0 Å². The normalized spacial score (nSPS) is 20.3. The van der Waals surface area contributed by atoms with Crippen molar-refractivity contribution in [1.29, 1.82) is 0 Å². The summed E-state index contributed by atoms with van der Waals surface area (Å²) < 4.78 is 24.8. The van der Waals surface area contributed by atoms with Gasteiger partial charge in [0.2, 0.25) is 5.91 Å². The molecule has 0 spiro atoms. The third kappa shape index (κ3) is 2.99. The van der Waals surface area contributed by atoms with Crippen LogP contribution in [-0.4, -0.2) is 41.4 Å². The Bertz CT molecular complexity index is 811.